The highest BCUT2D eigenvalue weighted by Crippen LogP contribution is 2.41. The summed E-state index contributed by atoms with van der Waals surface area (Å²) in [6, 6.07) is 3.94. The van der Waals surface area contributed by atoms with E-state index in [1.54, 1.807) is 20.8 Å². The van der Waals surface area contributed by atoms with Gasteiger partial charge in [0.1, 0.15) is 0 Å². The summed E-state index contributed by atoms with van der Waals surface area (Å²) < 4.78 is 39.1. The van der Waals surface area contributed by atoms with Crippen LogP contribution < -0.4 is 4.90 Å². The number of aliphatic hydroxyl groups excluding tert-OH is 1. The highest BCUT2D eigenvalue weighted by Gasteiger charge is 2.52. The second-order valence-electron chi connectivity index (χ2n) is 5.92. The van der Waals surface area contributed by atoms with Gasteiger partial charge in [-0.1, -0.05) is 0 Å². The number of carbonyl (C=O) groups is 1. The van der Waals surface area contributed by atoms with E-state index < -0.39 is 40.8 Å². The van der Waals surface area contributed by atoms with Crippen molar-refractivity contribution in [2.75, 3.05) is 4.90 Å². The molecule has 4 nitrogen and oxygen atoms in total. The van der Waals surface area contributed by atoms with Gasteiger partial charge in [-0.3, -0.25) is 4.79 Å². The molecule has 22 heavy (non-hydrogen) atoms. The largest absolute Gasteiger partial charge is 0.417 e. The van der Waals surface area contributed by atoms with Crippen molar-refractivity contribution in [1.82, 2.24) is 0 Å². The fourth-order valence-electron chi connectivity index (χ4n) is 2.73. The number of hydrogen-bond donors (Lipinski definition) is 1. The van der Waals surface area contributed by atoms with E-state index in [4.69, 9.17) is 5.26 Å². The second kappa shape index (κ2) is 4.99. The lowest BCUT2D eigenvalue weighted by atomic mass is 9.87. The van der Waals surface area contributed by atoms with Crippen molar-refractivity contribution >= 4 is 11.6 Å². The van der Waals surface area contributed by atoms with Crippen LogP contribution in [0.3, 0.4) is 0 Å². The number of nitriles is 1. The van der Waals surface area contributed by atoms with E-state index in [1.807, 2.05) is 0 Å². The molecule has 1 aliphatic heterocycles. The lowest BCUT2D eigenvalue weighted by Crippen LogP contribution is -2.34. The van der Waals surface area contributed by atoms with Gasteiger partial charge in [0.15, 0.2) is 0 Å². The van der Waals surface area contributed by atoms with Crippen molar-refractivity contribution in [3.8, 4) is 6.07 Å². The molecule has 2 unspecified atom stereocenters. The Hall–Kier alpha value is -2.07. The summed E-state index contributed by atoms with van der Waals surface area (Å²) in [7, 11) is 0. The Balaban J connectivity index is 2.56. The van der Waals surface area contributed by atoms with Crippen LogP contribution in [-0.2, 0) is 11.0 Å². The first kappa shape index (κ1) is 16.3. The third kappa shape index (κ3) is 2.33. The lowest BCUT2D eigenvalue weighted by molar-refractivity contribution is -0.137. The summed E-state index contributed by atoms with van der Waals surface area (Å²) in [4.78, 5) is 13.5. The smallest absolute Gasteiger partial charge is 0.390 e. The van der Waals surface area contributed by atoms with Crippen molar-refractivity contribution in [3.05, 3.63) is 29.3 Å². The minimum atomic E-state index is -4.69. The topological polar surface area (TPSA) is 64.3 Å². The fraction of sp³-hybridized carbons (Fsp3) is 0.467. The molecule has 1 amide bonds. The molecule has 1 N–H and O–H groups in total. The molecule has 1 aliphatic rings. The van der Waals surface area contributed by atoms with Gasteiger partial charge in [-0.25, -0.2) is 0 Å². The molecule has 1 aromatic carbocycles. The Bertz CT molecular complexity index is 662. The number of nitrogens with zero attached hydrogens (tertiary/aromatic N) is 2. The molecule has 2 rings (SSSR count). The first-order chi connectivity index (χ1) is 10.0. The molecule has 2 atom stereocenters. The Morgan fingerprint density at radius 2 is 1.95 bits per heavy atom. The fourth-order valence-corrected chi connectivity index (χ4v) is 2.73. The van der Waals surface area contributed by atoms with Gasteiger partial charge >= 0.3 is 6.18 Å². The number of carbonyl (C=O) groups excluding carboxylic acids is 1. The van der Waals surface area contributed by atoms with Gasteiger partial charge in [0.2, 0.25) is 5.91 Å². The monoisotopic (exact) mass is 312 g/mol. The van der Waals surface area contributed by atoms with Gasteiger partial charge in [0, 0.05) is 5.69 Å². The zero-order valence-electron chi connectivity index (χ0n) is 12.3. The summed E-state index contributed by atoms with van der Waals surface area (Å²) in [6.07, 6.45) is -5.69. The van der Waals surface area contributed by atoms with Gasteiger partial charge in [0.05, 0.1) is 34.8 Å². The maximum absolute atomic E-state index is 13.0. The number of halogens is 3. The van der Waals surface area contributed by atoms with Crippen LogP contribution in [0.2, 0.25) is 0 Å². The number of hydrogen-bond acceptors (Lipinski definition) is 3. The second-order valence-corrected chi connectivity index (χ2v) is 5.92. The van der Waals surface area contributed by atoms with Crippen LogP contribution in [0.4, 0.5) is 18.9 Å². The van der Waals surface area contributed by atoms with Gasteiger partial charge in [-0.2, -0.15) is 18.4 Å². The van der Waals surface area contributed by atoms with E-state index in [2.05, 4.69) is 0 Å². The number of benzene rings is 1. The molecule has 0 aliphatic carbocycles. The van der Waals surface area contributed by atoms with Crippen molar-refractivity contribution in [3.63, 3.8) is 0 Å². The van der Waals surface area contributed by atoms with E-state index >= 15 is 0 Å². The lowest BCUT2D eigenvalue weighted by Gasteiger charge is -2.24. The summed E-state index contributed by atoms with van der Waals surface area (Å²) >= 11 is 0. The summed E-state index contributed by atoms with van der Waals surface area (Å²) in [5, 5.41) is 18.9. The predicted molar refractivity (Wildman–Crippen MR) is 72.9 cm³/mol. The standard InChI is InChI=1S/C15H15F3N2O2/c1-8-12(21)14(2,3)13(22)20(8)10-5-4-9(7-19)11(6-10)15(16,17)18/h4-6,8,12,21H,1-3H3. The summed E-state index contributed by atoms with van der Waals surface area (Å²) in [5.41, 5.74) is -2.65. The normalized spacial score (nSPS) is 24.5. The number of amides is 1. The number of rotatable bonds is 1. The predicted octanol–water partition coefficient (Wildman–Crippen LogP) is 2.70. The van der Waals surface area contributed by atoms with E-state index in [-0.39, 0.29) is 5.69 Å². The Labute approximate surface area is 125 Å². The van der Waals surface area contributed by atoms with E-state index in [1.165, 1.54) is 12.1 Å². The average molecular weight is 312 g/mol. The zero-order valence-corrected chi connectivity index (χ0v) is 12.3. The molecule has 0 radical (unpaired) electrons. The van der Waals surface area contributed by atoms with Crippen LogP contribution in [0, 0.1) is 16.7 Å². The molecule has 0 saturated carbocycles. The molecule has 1 aromatic rings. The molecule has 1 heterocycles. The Kier molecular flexibility index (Phi) is 3.70. The molecule has 0 bridgehead atoms. The average Bonchev–Trinajstić information content (AvgIpc) is 2.58. The third-order valence-electron chi connectivity index (χ3n) is 4.08. The first-order valence-corrected chi connectivity index (χ1v) is 6.65. The van der Waals surface area contributed by atoms with Crippen molar-refractivity contribution in [2.24, 2.45) is 5.41 Å². The minimum absolute atomic E-state index is 0.0217. The van der Waals surface area contributed by atoms with Crippen molar-refractivity contribution < 1.29 is 23.1 Å². The molecular weight excluding hydrogens is 297 g/mol. The maximum Gasteiger partial charge on any atom is 0.417 e. The van der Waals surface area contributed by atoms with Crippen LogP contribution in [0.1, 0.15) is 31.9 Å². The van der Waals surface area contributed by atoms with Gasteiger partial charge in [-0.15, -0.1) is 0 Å². The van der Waals surface area contributed by atoms with E-state index in [0.717, 1.165) is 17.0 Å². The molecule has 0 spiro atoms. The number of anilines is 1. The number of alkyl halides is 3. The maximum atomic E-state index is 13.0. The van der Waals surface area contributed by atoms with E-state index in [9.17, 15) is 23.1 Å². The third-order valence-corrected chi connectivity index (χ3v) is 4.08. The molecule has 0 aromatic heterocycles. The van der Waals surface area contributed by atoms with Crippen molar-refractivity contribution in [1.29, 1.82) is 5.26 Å². The molecule has 7 heteroatoms. The van der Waals surface area contributed by atoms with Gasteiger partial charge < -0.3 is 10.0 Å². The quantitative estimate of drug-likeness (QED) is 0.867. The number of aliphatic hydroxyl groups is 1. The van der Waals surface area contributed by atoms with Gasteiger partial charge in [-0.05, 0) is 39.0 Å². The molecule has 118 valence electrons. The first-order valence-electron chi connectivity index (χ1n) is 6.65. The molecule has 1 fully saturated rings. The Morgan fingerprint density at radius 1 is 1.36 bits per heavy atom. The van der Waals surface area contributed by atoms with Crippen LogP contribution in [-0.4, -0.2) is 23.2 Å². The highest BCUT2D eigenvalue weighted by atomic mass is 19.4. The summed E-state index contributed by atoms with van der Waals surface area (Å²) in [6.45, 7) is 4.67. The van der Waals surface area contributed by atoms with Crippen LogP contribution in [0.5, 0.6) is 0 Å². The highest BCUT2D eigenvalue weighted by molar-refractivity contribution is 6.01. The Morgan fingerprint density at radius 3 is 2.36 bits per heavy atom. The zero-order chi connectivity index (χ0) is 16.9. The van der Waals surface area contributed by atoms with Crippen LogP contribution >= 0.6 is 0 Å². The molecular formula is C15H15F3N2O2. The van der Waals surface area contributed by atoms with Crippen LogP contribution in [0.15, 0.2) is 18.2 Å². The van der Waals surface area contributed by atoms with Crippen molar-refractivity contribution in [2.45, 2.75) is 39.1 Å². The minimum Gasteiger partial charge on any atom is -0.390 e. The summed E-state index contributed by atoms with van der Waals surface area (Å²) in [5.74, 6) is -0.453. The molecule has 1 saturated heterocycles. The van der Waals surface area contributed by atoms with Gasteiger partial charge in [0.25, 0.3) is 0 Å². The van der Waals surface area contributed by atoms with E-state index in [0.29, 0.717) is 0 Å². The van der Waals surface area contributed by atoms with Crippen LogP contribution in [0.25, 0.3) is 0 Å². The SMILES string of the molecule is CC1C(O)C(C)(C)C(=O)N1c1ccc(C#N)c(C(F)(F)F)c1.